The molecular formula is C84H160O17P2. The van der Waals surface area contributed by atoms with Gasteiger partial charge < -0.3 is 33.8 Å². The second-order valence-corrected chi connectivity index (χ2v) is 33.9. The molecule has 0 bridgehead atoms. The highest BCUT2D eigenvalue weighted by Crippen LogP contribution is 2.45. The SMILES string of the molecule is CCCCCC/C=C\C=C/CCCCCCCC(=O)O[C@H](COC(=O)CCCCCCCCCCCCCCCCCC(C)C)COP(=O)(O)OCC(O)COP(=O)(O)OC[C@@H](COC(=O)CCCCCCCCC(C)C)OC(=O)CCCCCCCCCCCCCCCCCCCCC(C)C. The summed E-state index contributed by atoms with van der Waals surface area (Å²) in [7, 11) is -9.94. The maximum atomic E-state index is 13.1. The van der Waals surface area contributed by atoms with Gasteiger partial charge in [0.2, 0.25) is 0 Å². The lowest BCUT2D eigenvalue weighted by Gasteiger charge is -2.21. The van der Waals surface area contributed by atoms with Gasteiger partial charge in [-0.05, 0) is 69.1 Å². The highest BCUT2D eigenvalue weighted by Gasteiger charge is 2.30. The fraction of sp³-hybridized carbons (Fsp3) is 0.905. The van der Waals surface area contributed by atoms with E-state index < -0.39 is 97.5 Å². The molecule has 103 heavy (non-hydrogen) atoms. The summed E-state index contributed by atoms with van der Waals surface area (Å²) < 4.78 is 68.7. The molecule has 0 rings (SSSR count). The van der Waals surface area contributed by atoms with Crippen molar-refractivity contribution in [1.29, 1.82) is 0 Å². The van der Waals surface area contributed by atoms with Crippen LogP contribution in [-0.2, 0) is 65.4 Å². The van der Waals surface area contributed by atoms with Crippen LogP contribution in [0.25, 0.3) is 0 Å². The molecule has 0 aromatic heterocycles. The van der Waals surface area contributed by atoms with Crippen LogP contribution < -0.4 is 0 Å². The van der Waals surface area contributed by atoms with Crippen LogP contribution in [0.1, 0.15) is 414 Å². The van der Waals surface area contributed by atoms with Crippen molar-refractivity contribution in [1.82, 2.24) is 0 Å². The fourth-order valence-electron chi connectivity index (χ4n) is 12.5. The number of esters is 4. The Bertz CT molecular complexity index is 2090. The van der Waals surface area contributed by atoms with E-state index in [2.05, 4.69) is 72.8 Å². The molecule has 0 aliphatic rings. The number of phosphoric ester groups is 2. The first kappa shape index (κ1) is 101. The molecule has 608 valence electrons. The summed E-state index contributed by atoms with van der Waals surface area (Å²) in [6.07, 6.45) is 66.3. The lowest BCUT2D eigenvalue weighted by atomic mass is 10.0. The lowest BCUT2D eigenvalue weighted by Crippen LogP contribution is -2.30. The van der Waals surface area contributed by atoms with Gasteiger partial charge in [-0.2, -0.15) is 0 Å². The van der Waals surface area contributed by atoms with E-state index >= 15 is 0 Å². The van der Waals surface area contributed by atoms with Crippen molar-refractivity contribution in [3.63, 3.8) is 0 Å². The number of phosphoric acid groups is 2. The first-order valence-corrected chi connectivity index (χ1v) is 45.7. The monoisotopic (exact) mass is 1500 g/mol. The minimum atomic E-state index is -4.97. The van der Waals surface area contributed by atoms with Crippen LogP contribution in [0.2, 0.25) is 0 Å². The second kappa shape index (κ2) is 73.7. The van der Waals surface area contributed by atoms with Gasteiger partial charge in [-0.1, -0.05) is 362 Å². The number of aliphatic hydroxyl groups is 1. The Kier molecular flexibility index (Phi) is 71.9. The van der Waals surface area contributed by atoms with E-state index in [4.69, 9.17) is 37.0 Å². The summed E-state index contributed by atoms with van der Waals surface area (Å²) in [5.74, 6) is 0.161. The van der Waals surface area contributed by atoms with Crippen molar-refractivity contribution >= 4 is 39.5 Å². The summed E-state index contributed by atoms with van der Waals surface area (Å²) in [6, 6.07) is 0. The van der Waals surface area contributed by atoms with Crippen molar-refractivity contribution in [3.05, 3.63) is 24.3 Å². The second-order valence-electron chi connectivity index (χ2n) is 31.0. The van der Waals surface area contributed by atoms with Crippen LogP contribution >= 0.6 is 15.6 Å². The van der Waals surface area contributed by atoms with Gasteiger partial charge in [-0.3, -0.25) is 37.3 Å². The Balaban J connectivity index is 5.21. The number of carbonyl (C=O) groups is 4. The molecule has 0 radical (unpaired) electrons. The molecule has 17 nitrogen and oxygen atoms in total. The molecule has 19 heteroatoms. The first-order valence-electron chi connectivity index (χ1n) is 42.7. The third-order valence-corrected chi connectivity index (χ3v) is 20.9. The average molecular weight is 1500 g/mol. The zero-order valence-electron chi connectivity index (χ0n) is 67.3. The summed E-state index contributed by atoms with van der Waals surface area (Å²) in [5.41, 5.74) is 0. The van der Waals surface area contributed by atoms with Crippen molar-refractivity contribution in [3.8, 4) is 0 Å². The first-order chi connectivity index (χ1) is 49.7. The number of hydrogen-bond acceptors (Lipinski definition) is 15. The average Bonchev–Trinajstić information content (AvgIpc) is 0.917. The van der Waals surface area contributed by atoms with E-state index in [1.165, 1.54) is 205 Å². The van der Waals surface area contributed by atoms with E-state index in [9.17, 15) is 43.2 Å². The van der Waals surface area contributed by atoms with Gasteiger partial charge in [0.05, 0.1) is 26.4 Å². The molecule has 0 saturated carbocycles. The van der Waals surface area contributed by atoms with E-state index in [-0.39, 0.29) is 25.7 Å². The summed E-state index contributed by atoms with van der Waals surface area (Å²) in [4.78, 5) is 73.0. The van der Waals surface area contributed by atoms with E-state index in [0.717, 1.165) is 121 Å². The lowest BCUT2D eigenvalue weighted by molar-refractivity contribution is -0.161. The highest BCUT2D eigenvalue weighted by atomic mass is 31.2. The standard InChI is InChI=1S/C84H160O17P2/c1-8-9-10-11-12-13-14-15-21-29-34-39-44-53-60-67-83(88)100-79(71-94-81(86)65-58-51-43-38-33-28-25-20-23-27-32-37-42-49-56-63-76(4)5)73-98-102(90,91)96-69-78(85)70-97-103(92,93)99-74-80(72-95-82(87)66-59-52-47-46-50-57-64-77(6)7)101-84(89)68-61-54-45-40-35-30-24-19-17-16-18-22-26-31-36-41-48-55-62-75(2)3/h13-15,21,75-80,85H,8-12,16-20,22-74H2,1-7H3,(H,90,91)(H,92,93)/b14-13-,21-15-/t78?,79-,80-/m1/s1. The number of allylic oxidation sites excluding steroid dienone is 4. The van der Waals surface area contributed by atoms with E-state index in [0.29, 0.717) is 31.6 Å². The smallest absolute Gasteiger partial charge is 0.462 e. The Morgan fingerprint density at radius 2 is 0.524 bits per heavy atom. The zero-order chi connectivity index (χ0) is 75.8. The molecule has 0 amide bonds. The summed E-state index contributed by atoms with van der Waals surface area (Å²) in [5, 5.41) is 10.6. The highest BCUT2D eigenvalue weighted by molar-refractivity contribution is 7.47. The zero-order valence-corrected chi connectivity index (χ0v) is 69.1. The van der Waals surface area contributed by atoms with E-state index in [1.807, 2.05) is 0 Å². The third-order valence-electron chi connectivity index (χ3n) is 19.0. The predicted octanol–water partition coefficient (Wildman–Crippen LogP) is 24.9. The molecule has 3 unspecified atom stereocenters. The van der Waals surface area contributed by atoms with Gasteiger partial charge >= 0.3 is 39.5 Å². The van der Waals surface area contributed by atoms with Crippen LogP contribution in [0.3, 0.4) is 0 Å². The minimum absolute atomic E-state index is 0.0852. The number of aliphatic hydroxyl groups excluding tert-OH is 1. The molecule has 0 heterocycles. The third kappa shape index (κ3) is 77.5. The van der Waals surface area contributed by atoms with Gasteiger partial charge in [-0.25, -0.2) is 9.13 Å². The maximum absolute atomic E-state index is 13.1. The Morgan fingerprint density at radius 1 is 0.301 bits per heavy atom. The van der Waals surface area contributed by atoms with Crippen LogP contribution in [0, 0.1) is 17.8 Å². The van der Waals surface area contributed by atoms with Crippen molar-refractivity contribution in [2.24, 2.45) is 17.8 Å². The van der Waals surface area contributed by atoms with Gasteiger partial charge in [0.1, 0.15) is 19.3 Å². The molecule has 5 atom stereocenters. The van der Waals surface area contributed by atoms with Gasteiger partial charge in [0.25, 0.3) is 0 Å². The number of hydrogen-bond donors (Lipinski definition) is 3. The molecular weight excluding hydrogens is 1340 g/mol. The van der Waals surface area contributed by atoms with Gasteiger partial charge in [0.15, 0.2) is 12.2 Å². The van der Waals surface area contributed by atoms with Crippen LogP contribution in [0.15, 0.2) is 24.3 Å². The molecule has 0 aromatic carbocycles. The molecule has 0 saturated heterocycles. The molecule has 3 N–H and O–H groups in total. The number of carbonyl (C=O) groups excluding carboxylic acids is 4. The van der Waals surface area contributed by atoms with Crippen molar-refractivity contribution in [2.45, 2.75) is 433 Å². The van der Waals surface area contributed by atoms with Gasteiger partial charge in [0, 0.05) is 25.7 Å². The van der Waals surface area contributed by atoms with Crippen LogP contribution in [-0.4, -0.2) is 96.7 Å². The van der Waals surface area contributed by atoms with Crippen molar-refractivity contribution < 1.29 is 80.2 Å². The molecule has 0 aromatic rings. The summed E-state index contributed by atoms with van der Waals surface area (Å²) in [6.45, 7) is 11.9. The van der Waals surface area contributed by atoms with E-state index in [1.54, 1.807) is 0 Å². The largest absolute Gasteiger partial charge is 0.472 e. The van der Waals surface area contributed by atoms with Gasteiger partial charge in [-0.15, -0.1) is 0 Å². The Morgan fingerprint density at radius 3 is 0.786 bits per heavy atom. The molecule has 0 fully saturated rings. The maximum Gasteiger partial charge on any atom is 0.472 e. The predicted molar refractivity (Wildman–Crippen MR) is 423 cm³/mol. The molecule has 0 aliphatic carbocycles. The van der Waals surface area contributed by atoms with Crippen molar-refractivity contribution in [2.75, 3.05) is 39.6 Å². The number of rotatable bonds is 80. The molecule has 0 spiro atoms. The summed E-state index contributed by atoms with van der Waals surface area (Å²) >= 11 is 0. The minimum Gasteiger partial charge on any atom is -0.462 e. The number of ether oxygens (including phenoxy) is 4. The Hall–Kier alpha value is -2.46. The van der Waals surface area contributed by atoms with Crippen LogP contribution in [0.4, 0.5) is 0 Å². The quantitative estimate of drug-likeness (QED) is 0.0169. The van der Waals surface area contributed by atoms with Crippen LogP contribution in [0.5, 0.6) is 0 Å². The topological polar surface area (TPSA) is 237 Å². The Labute approximate surface area is 631 Å². The fourth-order valence-corrected chi connectivity index (χ4v) is 14.1. The number of unbranched alkanes of at least 4 members (excludes halogenated alkanes) is 45. The normalized spacial score (nSPS) is 14.1. The molecule has 0 aliphatic heterocycles.